The number of carbonyl (C=O) groups excluding carboxylic acids is 1. The Labute approximate surface area is 102 Å². The fourth-order valence-corrected chi connectivity index (χ4v) is 1.48. The molecule has 17 heavy (non-hydrogen) atoms. The van der Waals surface area contributed by atoms with Crippen LogP contribution in [0.2, 0.25) is 0 Å². The van der Waals surface area contributed by atoms with Crippen molar-refractivity contribution in [3.63, 3.8) is 0 Å². The van der Waals surface area contributed by atoms with Gasteiger partial charge in [-0.15, -0.1) is 0 Å². The summed E-state index contributed by atoms with van der Waals surface area (Å²) in [6.45, 7) is 5.38. The number of aliphatic hydroxyl groups excluding tert-OH is 1. The molecule has 0 aliphatic carbocycles. The number of aliphatic carboxylic acids is 1. The summed E-state index contributed by atoms with van der Waals surface area (Å²) in [5.74, 6) is -0.792. The molecule has 0 fully saturated rings. The Kier molecular flexibility index (Phi) is 6.57. The number of hydrogen-bond donors (Lipinski definition) is 3. The zero-order valence-electron chi connectivity index (χ0n) is 10.8. The molecule has 2 unspecified atom stereocenters. The first kappa shape index (κ1) is 15.7. The Morgan fingerprint density at radius 1 is 1.29 bits per heavy atom. The summed E-state index contributed by atoms with van der Waals surface area (Å²) in [6, 6.07) is -1.72. The minimum absolute atomic E-state index is 0.0168. The predicted molar refractivity (Wildman–Crippen MR) is 63.7 cm³/mol. The maximum absolute atomic E-state index is 11.7. The predicted octanol–water partition coefficient (Wildman–Crippen LogP) is 0.508. The number of hydrogen-bond acceptors (Lipinski definition) is 3. The second-order valence-electron chi connectivity index (χ2n) is 4.61. The first-order valence-electron chi connectivity index (χ1n) is 5.66. The molecule has 0 spiro atoms. The molecule has 0 aromatic rings. The molecule has 0 aromatic carbocycles. The third-order valence-corrected chi connectivity index (χ3v) is 2.57. The van der Waals surface area contributed by atoms with Crippen molar-refractivity contribution in [2.75, 3.05) is 13.7 Å². The van der Waals surface area contributed by atoms with Crippen molar-refractivity contribution in [3.8, 4) is 0 Å². The first-order valence-corrected chi connectivity index (χ1v) is 5.66. The molecule has 6 nitrogen and oxygen atoms in total. The van der Waals surface area contributed by atoms with Crippen LogP contribution in [0.25, 0.3) is 0 Å². The molecule has 0 aliphatic rings. The van der Waals surface area contributed by atoms with Gasteiger partial charge in [0.2, 0.25) is 0 Å². The number of nitrogens with one attached hydrogen (secondary N) is 1. The third kappa shape index (κ3) is 5.53. The van der Waals surface area contributed by atoms with E-state index in [-0.39, 0.29) is 6.04 Å². The largest absolute Gasteiger partial charge is 0.480 e. The summed E-state index contributed by atoms with van der Waals surface area (Å²) in [4.78, 5) is 23.8. The van der Waals surface area contributed by atoms with Crippen LogP contribution in [0.4, 0.5) is 4.79 Å². The first-order chi connectivity index (χ1) is 7.79. The highest BCUT2D eigenvalue weighted by atomic mass is 16.4. The van der Waals surface area contributed by atoms with Crippen LogP contribution < -0.4 is 5.32 Å². The normalized spacial score (nSPS) is 14.2. The topological polar surface area (TPSA) is 89.9 Å². The van der Waals surface area contributed by atoms with Gasteiger partial charge in [-0.1, -0.05) is 13.8 Å². The zero-order valence-corrected chi connectivity index (χ0v) is 10.8. The van der Waals surface area contributed by atoms with Crippen LogP contribution in [0.1, 0.15) is 27.2 Å². The van der Waals surface area contributed by atoms with E-state index in [0.29, 0.717) is 5.92 Å². The van der Waals surface area contributed by atoms with Gasteiger partial charge in [0.15, 0.2) is 6.04 Å². The monoisotopic (exact) mass is 246 g/mol. The zero-order chi connectivity index (χ0) is 13.6. The van der Waals surface area contributed by atoms with E-state index in [1.54, 1.807) is 7.05 Å². The number of urea groups is 1. The van der Waals surface area contributed by atoms with Crippen molar-refractivity contribution >= 4 is 12.0 Å². The van der Waals surface area contributed by atoms with Gasteiger partial charge in [-0.25, -0.2) is 9.59 Å². The molecule has 0 saturated heterocycles. The molecule has 0 radical (unpaired) electrons. The van der Waals surface area contributed by atoms with Gasteiger partial charge in [0.1, 0.15) is 0 Å². The number of carboxylic acid groups (broad SMARTS) is 1. The molecule has 0 aliphatic heterocycles. The van der Waals surface area contributed by atoms with Crippen LogP contribution in [0.3, 0.4) is 0 Å². The van der Waals surface area contributed by atoms with E-state index >= 15 is 0 Å². The molecule has 2 amide bonds. The smallest absolute Gasteiger partial charge is 0.328 e. The molecule has 0 heterocycles. The van der Waals surface area contributed by atoms with Crippen molar-refractivity contribution in [1.82, 2.24) is 10.2 Å². The Bertz CT molecular complexity index is 268. The minimum Gasteiger partial charge on any atom is -0.480 e. The number of carbonyl (C=O) groups is 2. The van der Waals surface area contributed by atoms with Gasteiger partial charge in [-0.05, 0) is 19.3 Å². The van der Waals surface area contributed by atoms with Gasteiger partial charge in [-0.2, -0.15) is 0 Å². The lowest BCUT2D eigenvalue weighted by Gasteiger charge is -2.27. The number of carboxylic acids is 1. The van der Waals surface area contributed by atoms with Crippen molar-refractivity contribution in [1.29, 1.82) is 0 Å². The van der Waals surface area contributed by atoms with E-state index in [9.17, 15) is 9.59 Å². The number of aliphatic hydroxyl groups is 1. The lowest BCUT2D eigenvalue weighted by atomic mass is 10.0. The summed E-state index contributed by atoms with van der Waals surface area (Å²) in [5, 5.41) is 19.7. The van der Waals surface area contributed by atoms with Gasteiger partial charge < -0.3 is 20.4 Å². The van der Waals surface area contributed by atoms with Crippen molar-refractivity contribution in [2.45, 2.75) is 39.3 Å². The second-order valence-corrected chi connectivity index (χ2v) is 4.61. The maximum Gasteiger partial charge on any atom is 0.328 e. The van der Waals surface area contributed by atoms with E-state index in [1.165, 1.54) is 4.90 Å². The quantitative estimate of drug-likeness (QED) is 0.637. The van der Waals surface area contributed by atoms with Gasteiger partial charge in [0.25, 0.3) is 0 Å². The Hall–Kier alpha value is -1.30. The molecular weight excluding hydrogens is 224 g/mol. The van der Waals surface area contributed by atoms with Crippen LogP contribution >= 0.6 is 0 Å². The molecule has 3 N–H and O–H groups in total. The highest BCUT2D eigenvalue weighted by molar-refractivity contribution is 5.82. The van der Waals surface area contributed by atoms with Crippen LogP contribution in [0.5, 0.6) is 0 Å². The van der Waals surface area contributed by atoms with E-state index in [2.05, 4.69) is 19.2 Å². The number of amides is 2. The van der Waals surface area contributed by atoms with Gasteiger partial charge >= 0.3 is 12.0 Å². The summed E-state index contributed by atoms with van der Waals surface area (Å²) in [7, 11) is 1.61. The fraction of sp³-hybridized carbons (Fsp3) is 0.818. The van der Waals surface area contributed by atoms with Crippen molar-refractivity contribution < 1.29 is 19.8 Å². The maximum atomic E-state index is 11.7. The summed E-state index contributed by atoms with van der Waals surface area (Å²) >= 11 is 0. The molecule has 0 aromatic heterocycles. The Balaban J connectivity index is 4.34. The summed E-state index contributed by atoms with van der Waals surface area (Å²) in [5.41, 5.74) is 0. The highest BCUT2D eigenvalue weighted by Crippen LogP contribution is 2.09. The van der Waals surface area contributed by atoms with Crippen LogP contribution in [-0.2, 0) is 4.79 Å². The van der Waals surface area contributed by atoms with E-state index in [0.717, 1.165) is 6.42 Å². The van der Waals surface area contributed by atoms with E-state index < -0.39 is 24.6 Å². The fourth-order valence-electron chi connectivity index (χ4n) is 1.48. The Morgan fingerprint density at radius 3 is 2.18 bits per heavy atom. The molecule has 0 bridgehead atoms. The lowest BCUT2D eigenvalue weighted by Crippen LogP contribution is -2.50. The van der Waals surface area contributed by atoms with Gasteiger partial charge in [0.05, 0.1) is 6.61 Å². The molecule has 0 saturated carbocycles. The SMILES string of the molecule is CC(C)CC(C)N(C)C(=O)NC(CO)C(=O)O. The molecular formula is C11H22N2O4. The molecule has 6 heteroatoms. The van der Waals surface area contributed by atoms with Gasteiger partial charge in [0, 0.05) is 13.1 Å². The van der Waals surface area contributed by atoms with Crippen molar-refractivity contribution in [2.24, 2.45) is 5.92 Å². The van der Waals surface area contributed by atoms with Crippen LogP contribution in [0, 0.1) is 5.92 Å². The average Bonchev–Trinajstić information content (AvgIpc) is 2.22. The van der Waals surface area contributed by atoms with Crippen molar-refractivity contribution in [3.05, 3.63) is 0 Å². The lowest BCUT2D eigenvalue weighted by molar-refractivity contribution is -0.140. The average molecular weight is 246 g/mol. The van der Waals surface area contributed by atoms with E-state index in [1.807, 2.05) is 6.92 Å². The minimum atomic E-state index is -1.25. The highest BCUT2D eigenvalue weighted by Gasteiger charge is 2.23. The molecule has 0 rings (SSSR count). The Morgan fingerprint density at radius 2 is 1.82 bits per heavy atom. The second kappa shape index (κ2) is 7.11. The third-order valence-electron chi connectivity index (χ3n) is 2.57. The number of nitrogens with zero attached hydrogens (tertiary/aromatic N) is 1. The molecule has 100 valence electrons. The standard InChI is InChI=1S/C11H22N2O4/c1-7(2)5-8(3)13(4)11(17)12-9(6-14)10(15)16/h7-9,14H,5-6H2,1-4H3,(H,12,17)(H,15,16). The number of rotatable bonds is 6. The van der Waals surface area contributed by atoms with Crippen LogP contribution in [-0.4, -0.2) is 52.9 Å². The van der Waals surface area contributed by atoms with Crippen LogP contribution in [0.15, 0.2) is 0 Å². The summed E-state index contributed by atoms with van der Waals surface area (Å²) in [6.07, 6.45) is 0.834. The van der Waals surface area contributed by atoms with E-state index in [4.69, 9.17) is 10.2 Å². The molecule has 2 atom stereocenters. The van der Waals surface area contributed by atoms with Gasteiger partial charge in [-0.3, -0.25) is 0 Å². The summed E-state index contributed by atoms with van der Waals surface area (Å²) < 4.78 is 0.